The van der Waals surface area contributed by atoms with Gasteiger partial charge in [-0.1, -0.05) is 11.2 Å². The molecular weight excluding hydrogens is 381 g/mol. The predicted molar refractivity (Wildman–Crippen MR) is 106 cm³/mol. The Morgan fingerprint density at radius 1 is 0.897 bits per heavy atom. The average molecular weight is 403 g/mol. The molecule has 2 N–H and O–H groups in total. The van der Waals surface area contributed by atoms with Crippen LogP contribution in [-0.4, -0.2) is 50.6 Å². The topological polar surface area (TPSA) is 89.7 Å². The quantitative estimate of drug-likeness (QED) is 0.568. The summed E-state index contributed by atoms with van der Waals surface area (Å²) in [5.41, 5.74) is 2.25. The summed E-state index contributed by atoms with van der Waals surface area (Å²) in [6.07, 6.45) is -0.897. The lowest BCUT2D eigenvalue weighted by molar-refractivity contribution is 0.240. The predicted octanol–water partition coefficient (Wildman–Crippen LogP) is 3.37. The van der Waals surface area contributed by atoms with Crippen LogP contribution in [0, 0.1) is 5.82 Å². The zero-order chi connectivity index (χ0) is 21.1. The van der Waals surface area contributed by atoms with Crippen LogP contribution in [0.4, 0.5) is 4.39 Å². The number of hydrogen-bond acceptors (Lipinski definition) is 7. The van der Waals surface area contributed by atoms with Crippen molar-refractivity contribution in [1.29, 1.82) is 0 Å². The van der Waals surface area contributed by atoms with E-state index in [2.05, 4.69) is 5.16 Å². The van der Waals surface area contributed by atoms with Gasteiger partial charge in [0.1, 0.15) is 11.8 Å². The fourth-order valence-electron chi connectivity index (χ4n) is 3.49. The minimum atomic E-state index is -1.05. The highest BCUT2D eigenvalue weighted by molar-refractivity contribution is 6.35. The van der Waals surface area contributed by atoms with Gasteiger partial charge < -0.3 is 29.3 Å². The number of hydrogen-bond donors (Lipinski definition) is 2. The van der Waals surface area contributed by atoms with Crippen molar-refractivity contribution in [2.45, 2.75) is 12.5 Å². The summed E-state index contributed by atoms with van der Waals surface area (Å²) in [6, 6.07) is 7.87. The monoisotopic (exact) mass is 403 g/mol. The number of benzene rings is 2. The van der Waals surface area contributed by atoms with Crippen molar-refractivity contribution < 1.29 is 33.7 Å². The summed E-state index contributed by atoms with van der Waals surface area (Å²) in [6.45, 7) is 0. The first-order valence-electron chi connectivity index (χ1n) is 8.76. The summed E-state index contributed by atoms with van der Waals surface area (Å²) < 4.78 is 35.4. The molecular formula is C21H22FNO6. The lowest BCUT2D eigenvalue weighted by Crippen LogP contribution is -2.15. The molecule has 0 aliphatic heterocycles. The van der Waals surface area contributed by atoms with Gasteiger partial charge in [-0.3, -0.25) is 0 Å². The molecule has 2 aromatic carbocycles. The van der Waals surface area contributed by atoms with E-state index in [1.165, 1.54) is 40.6 Å². The van der Waals surface area contributed by atoms with Crippen molar-refractivity contribution >= 4 is 16.9 Å². The molecule has 0 aromatic heterocycles. The maximum atomic E-state index is 14.3. The summed E-state index contributed by atoms with van der Waals surface area (Å²) in [7, 11) is 5.85. The zero-order valence-corrected chi connectivity index (χ0v) is 16.5. The molecule has 0 bridgehead atoms. The lowest BCUT2D eigenvalue weighted by Gasteiger charge is -2.16. The third kappa shape index (κ3) is 3.58. The van der Waals surface area contributed by atoms with Gasteiger partial charge in [0.25, 0.3) is 0 Å². The number of nitrogens with zero attached hydrogens (tertiary/aromatic N) is 1. The van der Waals surface area contributed by atoms with Gasteiger partial charge in [0, 0.05) is 12.0 Å². The Balaban J connectivity index is 2.27. The second-order valence-corrected chi connectivity index (χ2v) is 6.32. The fraction of sp³-hybridized carbons (Fsp3) is 0.286. The highest BCUT2D eigenvalue weighted by atomic mass is 19.1. The number of methoxy groups -OCH3 is 4. The molecule has 0 fully saturated rings. The first kappa shape index (κ1) is 20.5. The van der Waals surface area contributed by atoms with Crippen LogP contribution in [0.2, 0.25) is 0 Å². The van der Waals surface area contributed by atoms with Crippen molar-refractivity contribution in [3.8, 4) is 23.0 Å². The van der Waals surface area contributed by atoms with Gasteiger partial charge in [0.15, 0.2) is 23.1 Å². The molecule has 1 aliphatic rings. The number of ether oxygens (including phenoxy) is 4. The SMILES string of the molecule is COc1ccc(C2=C(c3cc(OC)c(OC)c(OC)c3)C(=NO)C(O)C2)cc1F. The Hall–Kier alpha value is -3.26. The molecule has 0 heterocycles. The zero-order valence-electron chi connectivity index (χ0n) is 16.5. The number of halogens is 1. The van der Waals surface area contributed by atoms with Crippen molar-refractivity contribution in [2.75, 3.05) is 28.4 Å². The molecule has 0 amide bonds. The van der Waals surface area contributed by atoms with Crippen LogP contribution in [0.1, 0.15) is 17.5 Å². The molecule has 29 heavy (non-hydrogen) atoms. The number of rotatable bonds is 6. The van der Waals surface area contributed by atoms with Gasteiger partial charge in [0.2, 0.25) is 5.75 Å². The highest BCUT2D eigenvalue weighted by Crippen LogP contribution is 2.45. The van der Waals surface area contributed by atoms with Gasteiger partial charge in [-0.05, 0) is 41.0 Å². The van der Waals surface area contributed by atoms with Crippen molar-refractivity contribution in [3.05, 3.63) is 47.3 Å². The maximum Gasteiger partial charge on any atom is 0.203 e. The van der Waals surface area contributed by atoms with Gasteiger partial charge in [-0.2, -0.15) is 0 Å². The molecule has 1 aliphatic carbocycles. The van der Waals surface area contributed by atoms with E-state index in [-0.39, 0.29) is 17.9 Å². The van der Waals surface area contributed by atoms with Gasteiger partial charge in [-0.15, -0.1) is 0 Å². The largest absolute Gasteiger partial charge is 0.494 e. The molecule has 0 saturated heterocycles. The van der Waals surface area contributed by atoms with Crippen molar-refractivity contribution in [2.24, 2.45) is 5.16 Å². The normalized spacial score (nSPS) is 17.6. The molecule has 8 heteroatoms. The molecule has 1 unspecified atom stereocenters. The van der Waals surface area contributed by atoms with Crippen LogP contribution in [0.15, 0.2) is 35.5 Å². The standard InChI is InChI=1S/C21H22FNO6/c1-26-16-6-5-11(7-14(16)22)13-10-15(24)20(23-25)19(13)12-8-17(27-2)21(29-4)18(9-12)28-3/h5-9,15,24-25H,10H2,1-4H3. The average Bonchev–Trinajstić information content (AvgIpc) is 3.08. The first-order valence-corrected chi connectivity index (χ1v) is 8.76. The molecule has 0 radical (unpaired) electrons. The van der Waals surface area contributed by atoms with E-state index >= 15 is 0 Å². The third-order valence-electron chi connectivity index (χ3n) is 4.83. The smallest absolute Gasteiger partial charge is 0.203 e. The molecule has 0 spiro atoms. The van der Waals surface area contributed by atoms with Gasteiger partial charge in [-0.25, -0.2) is 4.39 Å². The Kier molecular flexibility index (Phi) is 5.93. The minimum Gasteiger partial charge on any atom is -0.494 e. The fourth-order valence-corrected chi connectivity index (χ4v) is 3.49. The Labute approximate surface area is 167 Å². The van der Waals surface area contributed by atoms with Crippen LogP contribution in [0.25, 0.3) is 11.1 Å². The second kappa shape index (κ2) is 8.40. The minimum absolute atomic E-state index is 0.0745. The molecule has 0 saturated carbocycles. The van der Waals surface area contributed by atoms with Crippen LogP contribution in [0.5, 0.6) is 23.0 Å². The third-order valence-corrected chi connectivity index (χ3v) is 4.83. The summed E-state index contributed by atoms with van der Waals surface area (Å²) in [5.74, 6) is 0.767. The highest BCUT2D eigenvalue weighted by Gasteiger charge is 2.33. The number of oxime groups is 1. The van der Waals surface area contributed by atoms with Crippen LogP contribution >= 0.6 is 0 Å². The molecule has 1 atom stereocenters. The van der Waals surface area contributed by atoms with Crippen LogP contribution in [-0.2, 0) is 0 Å². The number of aliphatic hydroxyl groups is 1. The summed E-state index contributed by atoms with van der Waals surface area (Å²) >= 11 is 0. The Morgan fingerprint density at radius 2 is 1.52 bits per heavy atom. The van der Waals surface area contributed by atoms with E-state index in [1.807, 2.05) is 0 Å². The van der Waals surface area contributed by atoms with Gasteiger partial charge >= 0.3 is 0 Å². The number of aliphatic hydroxyl groups excluding tert-OH is 1. The summed E-state index contributed by atoms with van der Waals surface area (Å²) in [4.78, 5) is 0. The maximum absolute atomic E-state index is 14.3. The Morgan fingerprint density at radius 3 is 2.00 bits per heavy atom. The first-order chi connectivity index (χ1) is 14.0. The lowest BCUT2D eigenvalue weighted by atomic mass is 9.95. The Bertz CT molecular complexity index is 960. The van der Waals surface area contributed by atoms with E-state index in [0.29, 0.717) is 39.5 Å². The van der Waals surface area contributed by atoms with E-state index in [1.54, 1.807) is 18.2 Å². The van der Waals surface area contributed by atoms with Crippen molar-refractivity contribution in [3.63, 3.8) is 0 Å². The van der Waals surface area contributed by atoms with E-state index in [0.717, 1.165) is 0 Å². The van der Waals surface area contributed by atoms with Gasteiger partial charge in [0.05, 0.1) is 28.4 Å². The molecule has 2 aromatic rings. The molecule has 7 nitrogen and oxygen atoms in total. The van der Waals surface area contributed by atoms with Crippen LogP contribution < -0.4 is 18.9 Å². The van der Waals surface area contributed by atoms with E-state index in [4.69, 9.17) is 18.9 Å². The van der Waals surface area contributed by atoms with E-state index in [9.17, 15) is 14.7 Å². The van der Waals surface area contributed by atoms with Crippen molar-refractivity contribution in [1.82, 2.24) is 0 Å². The van der Waals surface area contributed by atoms with E-state index < -0.39 is 11.9 Å². The molecule has 154 valence electrons. The molecule has 3 rings (SSSR count). The van der Waals surface area contributed by atoms with Crippen LogP contribution in [0.3, 0.4) is 0 Å². The summed E-state index contributed by atoms with van der Waals surface area (Å²) in [5, 5.41) is 23.3. The second-order valence-electron chi connectivity index (χ2n) is 6.32.